The molecule has 0 aliphatic carbocycles. The molecule has 0 spiro atoms. The van der Waals surface area contributed by atoms with Crippen LogP contribution in [0.1, 0.15) is 46.5 Å². The molecule has 2 aliphatic rings. The van der Waals surface area contributed by atoms with Crippen molar-refractivity contribution in [3.63, 3.8) is 0 Å². The van der Waals surface area contributed by atoms with E-state index < -0.39 is 5.60 Å². The zero-order chi connectivity index (χ0) is 10.4. The number of rotatable bonds is 0. The fourth-order valence-electron chi connectivity index (χ4n) is 2.92. The SMILES string of the molecule is CC(C)(C)C1(O)CCN2CCCC2C1. The largest absolute Gasteiger partial charge is 0.389 e. The summed E-state index contributed by atoms with van der Waals surface area (Å²) in [5.41, 5.74) is -0.403. The van der Waals surface area contributed by atoms with Crippen LogP contribution in [-0.4, -0.2) is 34.7 Å². The van der Waals surface area contributed by atoms with Gasteiger partial charge in [-0.2, -0.15) is 0 Å². The van der Waals surface area contributed by atoms with Gasteiger partial charge in [0.2, 0.25) is 0 Å². The fraction of sp³-hybridized carbons (Fsp3) is 1.00. The Bertz CT molecular complexity index is 221. The van der Waals surface area contributed by atoms with E-state index in [1.165, 1.54) is 19.4 Å². The van der Waals surface area contributed by atoms with Crippen molar-refractivity contribution in [3.05, 3.63) is 0 Å². The van der Waals surface area contributed by atoms with Crippen LogP contribution in [-0.2, 0) is 0 Å². The summed E-state index contributed by atoms with van der Waals surface area (Å²) in [7, 11) is 0. The van der Waals surface area contributed by atoms with Gasteiger partial charge in [0.1, 0.15) is 0 Å². The van der Waals surface area contributed by atoms with Crippen molar-refractivity contribution in [2.75, 3.05) is 13.1 Å². The lowest BCUT2D eigenvalue weighted by Gasteiger charge is -2.48. The van der Waals surface area contributed by atoms with Gasteiger partial charge in [-0.1, -0.05) is 20.8 Å². The first kappa shape index (κ1) is 10.4. The van der Waals surface area contributed by atoms with Crippen molar-refractivity contribution in [2.45, 2.75) is 58.1 Å². The molecule has 0 aromatic rings. The Balaban J connectivity index is 2.10. The topological polar surface area (TPSA) is 23.5 Å². The number of hydrogen-bond donors (Lipinski definition) is 1. The minimum absolute atomic E-state index is 0.0294. The minimum atomic E-state index is -0.432. The number of fused-ring (bicyclic) bond motifs is 1. The molecular formula is C12H23NO. The van der Waals surface area contributed by atoms with Gasteiger partial charge in [0.05, 0.1) is 5.60 Å². The smallest absolute Gasteiger partial charge is 0.0722 e. The summed E-state index contributed by atoms with van der Waals surface area (Å²) in [5.74, 6) is 0. The van der Waals surface area contributed by atoms with E-state index in [1.54, 1.807) is 0 Å². The van der Waals surface area contributed by atoms with E-state index in [0.29, 0.717) is 6.04 Å². The highest BCUT2D eigenvalue weighted by Gasteiger charge is 2.46. The van der Waals surface area contributed by atoms with Crippen molar-refractivity contribution >= 4 is 0 Å². The molecule has 14 heavy (non-hydrogen) atoms. The number of nitrogens with zero attached hydrogens (tertiary/aromatic N) is 1. The van der Waals surface area contributed by atoms with E-state index in [-0.39, 0.29) is 5.41 Å². The molecule has 2 rings (SSSR count). The lowest BCUT2D eigenvalue weighted by molar-refractivity contribution is -0.109. The van der Waals surface area contributed by atoms with Crippen LogP contribution in [0.15, 0.2) is 0 Å². The predicted octanol–water partition coefficient (Wildman–Crippen LogP) is 2.02. The van der Waals surface area contributed by atoms with Crippen molar-refractivity contribution < 1.29 is 5.11 Å². The van der Waals surface area contributed by atoms with Gasteiger partial charge in [0.15, 0.2) is 0 Å². The second kappa shape index (κ2) is 3.21. The lowest BCUT2D eigenvalue weighted by atomic mass is 9.69. The highest BCUT2D eigenvalue weighted by Crippen LogP contribution is 2.43. The number of aliphatic hydroxyl groups is 1. The molecule has 2 saturated heterocycles. The number of piperidine rings is 1. The van der Waals surface area contributed by atoms with Crippen LogP contribution in [0.5, 0.6) is 0 Å². The Morgan fingerprint density at radius 3 is 2.64 bits per heavy atom. The van der Waals surface area contributed by atoms with E-state index in [1.807, 2.05) is 0 Å². The summed E-state index contributed by atoms with van der Waals surface area (Å²) in [6.45, 7) is 8.84. The monoisotopic (exact) mass is 197 g/mol. The Labute approximate surface area is 87.3 Å². The van der Waals surface area contributed by atoms with Gasteiger partial charge in [0, 0.05) is 12.6 Å². The quantitative estimate of drug-likeness (QED) is 0.642. The molecule has 0 aromatic heterocycles. The third-order valence-corrected chi connectivity index (χ3v) is 4.28. The van der Waals surface area contributed by atoms with Crippen LogP contribution < -0.4 is 0 Å². The molecule has 2 atom stereocenters. The Hall–Kier alpha value is -0.0800. The maximum absolute atomic E-state index is 10.6. The van der Waals surface area contributed by atoms with Crippen LogP contribution in [0.3, 0.4) is 0 Å². The maximum Gasteiger partial charge on any atom is 0.0722 e. The fourth-order valence-corrected chi connectivity index (χ4v) is 2.92. The summed E-state index contributed by atoms with van der Waals surface area (Å²) in [4.78, 5) is 2.56. The Morgan fingerprint density at radius 2 is 2.00 bits per heavy atom. The standard InChI is InChI=1S/C12H23NO/c1-11(2,3)12(14)6-8-13-7-4-5-10(13)9-12/h10,14H,4-9H2,1-3H3. The molecule has 0 amide bonds. The van der Waals surface area contributed by atoms with Gasteiger partial charge >= 0.3 is 0 Å². The van der Waals surface area contributed by atoms with Crippen LogP contribution >= 0.6 is 0 Å². The van der Waals surface area contributed by atoms with Crippen LogP contribution in [0.2, 0.25) is 0 Å². The summed E-state index contributed by atoms with van der Waals surface area (Å²) in [5, 5.41) is 10.6. The van der Waals surface area contributed by atoms with E-state index in [4.69, 9.17) is 0 Å². The normalized spacial score (nSPS) is 39.9. The average molecular weight is 197 g/mol. The van der Waals surface area contributed by atoms with Crippen LogP contribution in [0.4, 0.5) is 0 Å². The van der Waals surface area contributed by atoms with Gasteiger partial charge in [-0.15, -0.1) is 0 Å². The highest BCUT2D eigenvalue weighted by atomic mass is 16.3. The summed E-state index contributed by atoms with van der Waals surface area (Å²) >= 11 is 0. The second-order valence-corrected chi connectivity index (χ2v) is 6.07. The molecule has 2 aliphatic heterocycles. The van der Waals surface area contributed by atoms with Crippen molar-refractivity contribution in [1.29, 1.82) is 0 Å². The summed E-state index contributed by atoms with van der Waals surface area (Å²) in [6, 6.07) is 0.660. The van der Waals surface area contributed by atoms with E-state index in [2.05, 4.69) is 25.7 Å². The molecule has 0 radical (unpaired) electrons. The molecule has 0 saturated carbocycles. The summed E-state index contributed by atoms with van der Waals surface area (Å²) < 4.78 is 0. The van der Waals surface area contributed by atoms with Crippen LogP contribution in [0, 0.1) is 5.41 Å². The first-order chi connectivity index (χ1) is 6.42. The molecule has 0 bridgehead atoms. The van der Waals surface area contributed by atoms with Crippen molar-refractivity contribution in [2.24, 2.45) is 5.41 Å². The summed E-state index contributed by atoms with van der Waals surface area (Å²) in [6.07, 6.45) is 4.55. The Kier molecular flexibility index (Phi) is 2.39. The van der Waals surface area contributed by atoms with Gasteiger partial charge in [-0.05, 0) is 37.6 Å². The average Bonchev–Trinajstić information content (AvgIpc) is 2.48. The maximum atomic E-state index is 10.6. The van der Waals surface area contributed by atoms with E-state index in [9.17, 15) is 5.11 Å². The minimum Gasteiger partial charge on any atom is -0.389 e. The number of hydrogen-bond acceptors (Lipinski definition) is 2. The zero-order valence-electron chi connectivity index (χ0n) is 9.71. The third kappa shape index (κ3) is 1.59. The Morgan fingerprint density at radius 1 is 1.29 bits per heavy atom. The van der Waals surface area contributed by atoms with Crippen LogP contribution in [0.25, 0.3) is 0 Å². The third-order valence-electron chi connectivity index (χ3n) is 4.28. The lowest BCUT2D eigenvalue weighted by Crippen LogP contribution is -2.54. The van der Waals surface area contributed by atoms with Gasteiger partial charge in [-0.25, -0.2) is 0 Å². The van der Waals surface area contributed by atoms with Gasteiger partial charge in [-0.3, -0.25) is 0 Å². The van der Waals surface area contributed by atoms with E-state index in [0.717, 1.165) is 19.4 Å². The van der Waals surface area contributed by atoms with Crippen molar-refractivity contribution in [1.82, 2.24) is 4.90 Å². The molecule has 2 nitrogen and oxygen atoms in total. The second-order valence-electron chi connectivity index (χ2n) is 6.07. The molecule has 2 heteroatoms. The van der Waals surface area contributed by atoms with Gasteiger partial charge in [0.25, 0.3) is 0 Å². The zero-order valence-corrected chi connectivity index (χ0v) is 9.71. The predicted molar refractivity (Wildman–Crippen MR) is 58.2 cm³/mol. The molecule has 2 unspecified atom stereocenters. The molecule has 82 valence electrons. The van der Waals surface area contributed by atoms with E-state index >= 15 is 0 Å². The molecular weight excluding hydrogens is 174 g/mol. The molecule has 2 heterocycles. The first-order valence-corrected chi connectivity index (χ1v) is 5.89. The highest BCUT2D eigenvalue weighted by molar-refractivity contribution is 5.00. The van der Waals surface area contributed by atoms with Crippen molar-refractivity contribution in [3.8, 4) is 0 Å². The molecule has 2 fully saturated rings. The molecule has 1 N–H and O–H groups in total. The molecule has 0 aromatic carbocycles. The first-order valence-electron chi connectivity index (χ1n) is 5.89. The van der Waals surface area contributed by atoms with Gasteiger partial charge < -0.3 is 10.0 Å².